The minimum absolute atomic E-state index is 0.296. The molecular formula is C13H17NO2. The molecule has 0 radical (unpaired) electrons. The summed E-state index contributed by atoms with van der Waals surface area (Å²) in [6.45, 7) is 2.73. The predicted octanol–water partition coefficient (Wildman–Crippen LogP) is 2.45. The lowest BCUT2D eigenvalue weighted by Crippen LogP contribution is -2.29. The van der Waals surface area contributed by atoms with Crippen LogP contribution in [0.25, 0.3) is 0 Å². The summed E-state index contributed by atoms with van der Waals surface area (Å²) in [5.74, 6) is 0. The normalized spacial score (nSPS) is 22.1. The average Bonchev–Trinajstić information content (AvgIpc) is 2.33. The lowest BCUT2D eigenvalue weighted by atomic mass is 10.1. The quantitative estimate of drug-likeness (QED) is 0.331. The van der Waals surface area contributed by atoms with E-state index in [-0.39, 0.29) is 6.23 Å². The first-order chi connectivity index (χ1) is 7.75. The number of hydrogen-bond donors (Lipinski definition) is 0. The van der Waals surface area contributed by atoms with Crippen molar-refractivity contribution in [3.05, 3.63) is 40.6 Å². The first kappa shape index (κ1) is 11.1. The Labute approximate surface area is 95.9 Å². The molecule has 0 amide bonds. The third-order valence-corrected chi connectivity index (χ3v) is 2.79. The lowest BCUT2D eigenvalue weighted by molar-refractivity contribution is -0.558. The van der Waals surface area contributed by atoms with E-state index in [4.69, 9.17) is 4.74 Å². The van der Waals surface area contributed by atoms with Gasteiger partial charge in [0.2, 0.25) is 0 Å². The summed E-state index contributed by atoms with van der Waals surface area (Å²) >= 11 is 0. The Bertz CT molecular complexity index is 364. The molecule has 3 nitrogen and oxygen atoms in total. The standard InChI is InChI=1S/C13H17NO2/c1-11-5-7-12(8-6-11)10-14(15)13-4-2-3-9-16-13/h5-8,10,13H,2-4,9H2,1H3/b14-10+. The van der Waals surface area contributed by atoms with E-state index in [9.17, 15) is 5.21 Å². The molecule has 1 fully saturated rings. The van der Waals surface area contributed by atoms with Crippen molar-refractivity contribution in [3.8, 4) is 0 Å². The molecule has 1 aromatic rings. The Balaban J connectivity index is 2.07. The third kappa shape index (κ3) is 2.83. The fourth-order valence-electron chi connectivity index (χ4n) is 1.81. The van der Waals surface area contributed by atoms with E-state index in [2.05, 4.69) is 0 Å². The number of ether oxygens (including phenoxy) is 1. The van der Waals surface area contributed by atoms with Crippen LogP contribution in [0.3, 0.4) is 0 Å². The van der Waals surface area contributed by atoms with Gasteiger partial charge in [-0.3, -0.25) is 0 Å². The van der Waals surface area contributed by atoms with Crippen LogP contribution in [0, 0.1) is 12.1 Å². The Morgan fingerprint density at radius 3 is 2.69 bits per heavy atom. The highest BCUT2D eigenvalue weighted by Crippen LogP contribution is 2.13. The molecule has 16 heavy (non-hydrogen) atoms. The molecule has 1 aliphatic rings. The molecule has 0 aliphatic carbocycles. The van der Waals surface area contributed by atoms with E-state index in [0.29, 0.717) is 6.61 Å². The largest absolute Gasteiger partial charge is 0.622 e. The fourth-order valence-corrected chi connectivity index (χ4v) is 1.81. The van der Waals surface area contributed by atoms with Crippen LogP contribution in [0.5, 0.6) is 0 Å². The lowest BCUT2D eigenvalue weighted by Gasteiger charge is -2.21. The minimum atomic E-state index is -0.296. The Hall–Kier alpha value is -1.35. The topological polar surface area (TPSA) is 35.3 Å². The van der Waals surface area contributed by atoms with Crippen molar-refractivity contribution in [2.45, 2.75) is 32.4 Å². The van der Waals surface area contributed by atoms with Crippen LogP contribution in [0.15, 0.2) is 24.3 Å². The van der Waals surface area contributed by atoms with Crippen molar-refractivity contribution in [1.29, 1.82) is 0 Å². The highest BCUT2D eigenvalue weighted by atomic mass is 16.6. The van der Waals surface area contributed by atoms with E-state index < -0.39 is 0 Å². The van der Waals surface area contributed by atoms with Crippen molar-refractivity contribution in [2.24, 2.45) is 0 Å². The van der Waals surface area contributed by atoms with Gasteiger partial charge in [0.1, 0.15) is 0 Å². The van der Waals surface area contributed by atoms with Gasteiger partial charge < -0.3 is 9.94 Å². The molecular weight excluding hydrogens is 202 g/mol. The van der Waals surface area contributed by atoms with E-state index in [0.717, 1.165) is 29.6 Å². The summed E-state index contributed by atoms with van der Waals surface area (Å²) in [6.07, 6.45) is 4.27. The van der Waals surface area contributed by atoms with Crippen LogP contribution < -0.4 is 0 Å². The maximum Gasteiger partial charge on any atom is 0.267 e. The molecule has 2 rings (SSSR count). The Kier molecular flexibility index (Phi) is 3.57. The molecule has 1 aromatic carbocycles. The second kappa shape index (κ2) is 5.12. The molecule has 0 saturated carbocycles. The summed E-state index contributed by atoms with van der Waals surface area (Å²) < 4.78 is 6.35. The van der Waals surface area contributed by atoms with Gasteiger partial charge in [0.25, 0.3) is 6.23 Å². The zero-order valence-electron chi connectivity index (χ0n) is 9.56. The van der Waals surface area contributed by atoms with Gasteiger partial charge in [0, 0.05) is 12.0 Å². The van der Waals surface area contributed by atoms with Gasteiger partial charge in [-0.05, 0) is 31.9 Å². The monoisotopic (exact) mass is 219 g/mol. The molecule has 1 atom stereocenters. The van der Waals surface area contributed by atoms with Crippen LogP contribution in [0.1, 0.15) is 30.4 Å². The molecule has 1 heterocycles. The highest BCUT2D eigenvalue weighted by molar-refractivity contribution is 5.75. The van der Waals surface area contributed by atoms with Crippen molar-refractivity contribution in [3.63, 3.8) is 0 Å². The van der Waals surface area contributed by atoms with Gasteiger partial charge >= 0.3 is 0 Å². The number of aryl methyl sites for hydroxylation is 1. The number of nitrogens with zero attached hydrogens (tertiary/aromatic N) is 1. The van der Waals surface area contributed by atoms with Gasteiger partial charge in [-0.1, -0.05) is 17.7 Å². The average molecular weight is 219 g/mol. The first-order valence-corrected chi connectivity index (χ1v) is 5.74. The number of hydroxylamine groups is 1. The summed E-state index contributed by atoms with van der Waals surface area (Å²) in [5, 5.41) is 11.8. The van der Waals surface area contributed by atoms with Crippen LogP contribution in [-0.4, -0.2) is 23.8 Å². The highest BCUT2D eigenvalue weighted by Gasteiger charge is 2.19. The summed E-state index contributed by atoms with van der Waals surface area (Å²) in [5.41, 5.74) is 2.12. The van der Waals surface area contributed by atoms with Crippen LogP contribution >= 0.6 is 0 Å². The molecule has 0 N–H and O–H groups in total. The van der Waals surface area contributed by atoms with E-state index in [1.165, 1.54) is 5.56 Å². The Morgan fingerprint density at radius 2 is 2.06 bits per heavy atom. The second-order valence-corrected chi connectivity index (χ2v) is 4.22. The van der Waals surface area contributed by atoms with Gasteiger partial charge in [-0.25, -0.2) is 0 Å². The summed E-state index contributed by atoms with van der Waals surface area (Å²) in [4.78, 5) is 0. The van der Waals surface area contributed by atoms with Crippen LogP contribution in [-0.2, 0) is 4.74 Å². The van der Waals surface area contributed by atoms with Gasteiger partial charge in [-0.15, -0.1) is 0 Å². The van der Waals surface area contributed by atoms with Crippen molar-refractivity contribution < 1.29 is 9.48 Å². The number of hydrogen-bond acceptors (Lipinski definition) is 2. The van der Waals surface area contributed by atoms with E-state index >= 15 is 0 Å². The molecule has 0 bridgehead atoms. The molecule has 1 saturated heterocycles. The van der Waals surface area contributed by atoms with Crippen molar-refractivity contribution in [2.75, 3.05) is 6.61 Å². The number of rotatable bonds is 2. The van der Waals surface area contributed by atoms with E-state index in [1.807, 2.05) is 31.2 Å². The van der Waals surface area contributed by atoms with Gasteiger partial charge in [-0.2, -0.15) is 4.74 Å². The first-order valence-electron chi connectivity index (χ1n) is 5.74. The van der Waals surface area contributed by atoms with E-state index in [1.54, 1.807) is 6.21 Å². The third-order valence-electron chi connectivity index (χ3n) is 2.79. The smallest absolute Gasteiger partial charge is 0.267 e. The van der Waals surface area contributed by atoms with Gasteiger partial charge in [0.05, 0.1) is 6.61 Å². The maximum absolute atomic E-state index is 11.8. The number of benzene rings is 1. The van der Waals surface area contributed by atoms with Crippen molar-refractivity contribution >= 4 is 6.21 Å². The van der Waals surface area contributed by atoms with Crippen LogP contribution in [0.2, 0.25) is 0 Å². The molecule has 86 valence electrons. The molecule has 1 unspecified atom stereocenters. The molecule has 0 spiro atoms. The zero-order chi connectivity index (χ0) is 11.4. The SMILES string of the molecule is Cc1ccc(/C=[N+](/[O-])C2CCCCO2)cc1. The second-order valence-electron chi connectivity index (χ2n) is 4.22. The maximum atomic E-state index is 11.8. The Morgan fingerprint density at radius 1 is 1.31 bits per heavy atom. The predicted molar refractivity (Wildman–Crippen MR) is 63.6 cm³/mol. The van der Waals surface area contributed by atoms with Gasteiger partial charge in [0.15, 0.2) is 6.21 Å². The fraction of sp³-hybridized carbons (Fsp3) is 0.462. The molecule has 0 aromatic heterocycles. The molecule has 3 heteroatoms. The molecule has 1 aliphatic heterocycles. The summed E-state index contributed by atoms with van der Waals surface area (Å²) in [7, 11) is 0. The minimum Gasteiger partial charge on any atom is -0.622 e. The van der Waals surface area contributed by atoms with Crippen molar-refractivity contribution in [1.82, 2.24) is 0 Å². The zero-order valence-corrected chi connectivity index (χ0v) is 9.56. The summed E-state index contributed by atoms with van der Waals surface area (Å²) in [6, 6.07) is 7.90. The van der Waals surface area contributed by atoms with Crippen LogP contribution in [0.4, 0.5) is 0 Å².